The maximum absolute atomic E-state index is 5.27. The fourth-order valence-electron chi connectivity index (χ4n) is 3.35. The summed E-state index contributed by atoms with van der Waals surface area (Å²) in [5.74, 6) is 1.35. The highest BCUT2D eigenvalue weighted by Crippen LogP contribution is 2.43. The third kappa shape index (κ3) is 6.77. The van der Waals surface area contributed by atoms with Gasteiger partial charge >= 0.3 is 0 Å². The molecular formula is C20H34IN3O. The molecule has 2 N–H and O–H groups in total. The summed E-state index contributed by atoms with van der Waals surface area (Å²) in [6.45, 7) is 7.10. The molecule has 1 unspecified atom stereocenters. The molecule has 25 heavy (non-hydrogen) atoms. The Balaban J connectivity index is 0.00000312. The van der Waals surface area contributed by atoms with Crippen LogP contribution in [0, 0.1) is 12.3 Å². The fourth-order valence-corrected chi connectivity index (χ4v) is 3.35. The van der Waals surface area contributed by atoms with E-state index in [0.717, 1.165) is 32.1 Å². The number of ether oxygens (including phenoxy) is 1. The zero-order chi connectivity index (χ0) is 17.4. The van der Waals surface area contributed by atoms with Crippen molar-refractivity contribution in [2.24, 2.45) is 10.4 Å². The van der Waals surface area contributed by atoms with Crippen LogP contribution >= 0.6 is 24.0 Å². The minimum atomic E-state index is 0. The average molecular weight is 459 g/mol. The first-order valence-corrected chi connectivity index (χ1v) is 9.08. The molecule has 0 heterocycles. The van der Waals surface area contributed by atoms with Crippen molar-refractivity contribution in [2.75, 3.05) is 33.9 Å². The van der Waals surface area contributed by atoms with Crippen LogP contribution in [0.3, 0.4) is 0 Å². The van der Waals surface area contributed by atoms with Gasteiger partial charge in [0.2, 0.25) is 0 Å². The van der Waals surface area contributed by atoms with Crippen molar-refractivity contribution < 1.29 is 4.74 Å². The number of aryl methyl sites for hydroxylation is 1. The molecule has 1 saturated carbocycles. The summed E-state index contributed by atoms with van der Waals surface area (Å²) in [5, 5.41) is 6.99. The van der Waals surface area contributed by atoms with E-state index in [-0.39, 0.29) is 24.0 Å². The van der Waals surface area contributed by atoms with E-state index in [2.05, 4.69) is 53.7 Å². The molecule has 0 radical (unpaired) electrons. The van der Waals surface area contributed by atoms with E-state index in [1.807, 2.05) is 7.05 Å². The molecule has 0 spiro atoms. The Morgan fingerprint density at radius 3 is 2.64 bits per heavy atom. The molecule has 1 aliphatic rings. The van der Waals surface area contributed by atoms with Gasteiger partial charge in [-0.15, -0.1) is 24.0 Å². The summed E-state index contributed by atoms with van der Waals surface area (Å²) in [4.78, 5) is 4.38. The van der Waals surface area contributed by atoms with Crippen LogP contribution in [-0.4, -0.2) is 39.8 Å². The fraction of sp³-hybridized carbons (Fsp3) is 0.650. The minimum absolute atomic E-state index is 0. The van der Waals surface area contributed by atoms with Crippen LogP contribution < -0.4 is 10.6 Å². The molecule has 0 amide bonds. The Morgan fingerprint density at radius 1 is 1.32 bits per heavy atom. The van der Waals surface area contributed by atoms with Gasteiger partial charge in [-0.25, -0.2) is 0 Å². The number of hydrogen-bond donors (Lipinski definition) is 2. The van der Waals surface area contributed by atoms with Crippen molar-refractivity contribution in [3.05, 3.63) is 35.4 Å². The third-order valence-corrected chi connectivity index (χ3v) is 5.29. The number of halogens is 1. The van der Waals surface area contributed by atoms with E-state index < -0.39 is 0 Å². The van der Waals surface area contributed by atoms with Crippen LogP contribution in [0.25, 0.3) is 0 Å². The first-order chi connectivity index (χ1) is 11.6. The highest BCUT2D eigenvalue weighted by atomic mass is 127. The Bertz CT molecular complexity index is 543. The van der Waals surface area contributed by atoms with Gasteiger partial charge in [0.05, 0.1) is 0 Å². The van der Waals surface area contributed by atoms with E-state index >= 15 is 0 Å². The van der Waals surface area contributed by atoms with Crippen molar-refractivity contribution in [2.45, 2.75) is 45.4 Å². The van der Waals surface area contributed by atoms with Gasteiger partial charge in [0.15, 0.2) is 5.96 Å². The van der Waals surface area contributed by atoms with Crippen LogP contribution in [0.1, 0.15) is 49.7 Å². The Hall–Kier alpha value is -0.820. The molecule has 2 rings (SSSR count). The zero-order valence-electron chi connectivity index (χ0n) is 16.1. The smallest absolute Gasteiger partial charge is 0.191 e. The normalized spacial score (nSPS) is 17.2. The summed E-state index contributed by atoms with van der Waals surface area (Å²) in [6.07, 6.45) is 5.05. The number of hydrogen-bond acceptors (Lipinski definition) is 2. The standard InChI is InChI=1S/C20H33N3O.HI/c1-16-7-5-8-18(13-16)17(2)14-22-19(21-3)23-15-20(9-6-10-20)11-12-24-4;/h5,7-8,13,17H,6,9-12,14-15H2,1-4H3,(H2,21,22,23);1H. The number of nitrogens with zero attached hydrogens (tertiary/aromatic N) is 1. The first-order valence-electron chi connectivity index (χ1n) is 9.08. The van der Waals surface area contributed by atoms with Crippen molar-refractivity contribution in [1.82, 2.24) is 10.6 Å². The molecule has 0 saturated heterocycles. The molecule has 1 atom stereocenters. The third-order valence-electron chi connectivity index (χ3n) is 5.29. The Morgan fingerprint density at radius 2 is 2.08 bits per heavy atom. The van der Waals surface area contributed by atoms with Gasteiger partial charge in [-0.2, -0.15) is 0 Å². The van der Waals surface area contributed by atoms with Gasteiger partial charge in [-0.3, -0.25) is 4.99 Å². The molecule has 0 aliphatic heterocycles. The van der Waals surface area contributed by atoms with Crippen LogP contribution in [0.4, 0.5) is 0 Å². The van der Waals surface area contributed by atoms with E-state index in [4.69, 9.17) is 4.74 Å². The van der Waals surface area contributed by atoms with Crippen LogP contribution in [-0.2, 0) is 4.74 Å². The van der Waals surface area contributed by atoms with Crippen LogP contribution in [0.5, 0.6) is 0 Å². The number of rotatable bonds is 8. The van der Waals surface area contributed by atoms with Gasteiger partial charge in [0.25, 0.3) is 0 Å². The topological polar surface area (TPSA) is 45.7 Å². The van der Waals surface area contributed by atoms with Gasteiger partial charge in [0, 0.05) is 33.9 Å². The maximum Gasteiger partial charge on any atom is 0.191 e. The highest BCUT2D eigenvalue weighted by molar-refractivity contribution is 14.0. The number of methoxy groups -OCH3 is 1. The molecular weight excluding hydrogens is 425 g/mol. The van der Waals surface area contributed by atoms with Gasteiger partial charge in [-0.05, 0) is 43.1 Å². The van der Waals surface area contributed by atoms with Crippen molar-refractivity contribution in [3.8, 4) is 0 Å². The molecule has 142 valence electrons. The Labute approximate surface area is 170 Å². The number of guanidine groups is 1. The predicted octanol–water partition coefficient (Wildman–Crippen LogP) is 4.09. The summed E-state index contributed by atoms with van der Waals surface area (Å²) < 4.78 is 5.27. The molecule has 1 aliphatic carbocycles. The van der Waals surface area contributed by atoms with Crippen LogP contribution in [0.15, 0.2) is 29.3 Å². The predicted molar refractivity (Wildman–Crippen MR) is 117 cm³/mol. The second-order valence-corrected chi connectivity index (χ2v) is 7.22. The lowest BCUT2D eigenvalue weighted by Crippen LogP contribution is -2.47. The molecule has 5 heteroatoms. The molecule has 1 aromatic rings. The number of nitrogens with one attached hydrogen (secondary N) is 2. The Kier molecular flexibility index (Phi) is 9.79. The highest BCUT2D eigenvalue weighted by Gasteiger charge is 2.36. The van der Waals surface area contributed by atoms with Crippen molar-refractivity contribution in [3.63, 3.8) is 0 Å². The summed E-state index contributed by atoms with van der Waals surface area (Å²) >= 11 is 0. The van der Waals surface area contributed by atoms with E-state index in [1.165, 1.54) is 30.4 Å². The van der Waals surface area contributed by atoms with Crippen LogP contribution in [0.2, 0.25) is 0 Å². The molecule has 1 aromatic carbocycles. The second kappa shape index (κ2) is 11.0. The monoisotopic (exact) mass is 459 g/mol. The summed E-state index contributed by atoms with van der Waals surface area (Å²) in [7, 11) is 3.63. The van der Waals surface area contributed by atoms with Crippen molar-refractivity contribution >= 4 is 29.9 Å². The first kappa shape index (κ1) is 22.2. The lowest BCUT2D eigenvalue weighted by atomic mass is 9.67. The molecule has 0 bridgehead atoms. The molecule has 4 nitrogen and oxygen atoms in total. The number of aliphatic imine (C=N–C) groups is 1. The molecule has 1 fully saturated rings. The lowest BCUT2D eigenvalue weighted by molar-refractivity contribution is 0.0732. The van der Waals surface area contributed by atoms with E-state index in [0.29, 0.717) is 11.3 Å². The average Bonchev–Trinajstić information content (AvgIpc) is 2.55. The van der Waals surface area contributed by atoms with Gasteiger partial charge in [0.1, 0.15) is 0 Å². The van der Waals surface area contributed by atoms with Gasteiger partial charge < -0.3 is 15.4 Å². The van der Waals surface area contributed by atoms with Crippen molar-refractivity contribution in [1.29, 1.82) is 0 Å². The second-order valence-electron chi connectivity index (χ2n) is 7.22. The molecule has 0 aromatic heterocycles. The zero-order valence-corrected chi connectivity index (χ0v) is 18.4. The lowest BCUT2D eigenvalue weighted by Gasteiger charge is -2.42. The number of benzene rings is 1. The SMILES string of the molecule is CN=C(NCC(C)c1cccc(C)c1)NCC1(CCOC)CCC1.I. The summed E-state index contributed by atoms with van der Waals surface area (Å²) in [5.41, 5.74) is 3.08. The quantitative estimate of drug-likeness (QED) is 0.350. The minimum Gasteiger partial charge on any atom is -0.385 e. The van der Waals surface area contributed by atoms with E-state index in [1.54, 1.807) is 7.11 Å². The summed E-state index contributed by atoms with van der Waals surface area (Å²) in [6, 6.07) is 8.73. The largest absolute Gasteiger partial charge is 0.385 e. The van der Waals surface area contributed by atoms with E-state index in [9.17, 15) is 0 Å². The maximum atomic E-state index is 5.27. The van der Waals surface area contributed by atoms with Gasteiger partial charge in [-0.1, -0.05) is 43.2 Å².